The molecule has 1 N–H and O–H groups in total. The smallest absolute Gasteiger partial charge is 0.123 e. The number of fused-ring (bicyclic) bond motifs is 3. The zero-order chi connectivity index (χ0) is 22.3. The third-order valence-corrected chi connectivity index (χ3v) is 6.97. The lowest BCUT2D eigenvalue weighted by molar-refractivity contribution is -0.000459. The number of allylic oxidation sites excluding steroid dienone is 2. The summed E-state index contributed by atoms with van der Waals surface area (Å²) in [6, 6.07) is 12.5. The fourth-order valence-electron chi connectivity index (χ4n) is 5.51. The minimum absolute atomic E-state index is 0.105. The summed E-state index contributed by atoms with van der Waals surface area (Å²) in [5.41, 5.74) is 5.70. The average molecular weight is 418 g/mol. The topological polar surface area (TPSA) is 32.7 Å². The van der Waals surface area contributed by atoms with Crippen LogP contribution in [0.2, 0.25) is 0 Å². The molecule has 1 heterocycles. The normalized spacial score (nSPS) is 24.1. The molecule has 0 aromatic heterocycles. The van der Waals surface area contributed by atoms with E-state index >= 15 is 0 Å². The molecule has 4 rings (SSSR count). The number of ether oxygens (including phenoxy) is 1. The van der Waals surface area contributed by atoms with Crippen molar-refractivity contribution in [3.63, 3.8) is 0 Å². The summed E-state index contributed by atoms with van der Waals surface area (Å²) in [6.07, 6.45) is 6.25. The Kier molecular flexibility index (Phi) is 5.74. The van der Waals surface area contributed by atoms with Crippen LogP contribution in [0.3, 0.4) is 0 Å². The van der Waals surface area contributed by atoms with E-state index in [1.807, 2.05) is 18.2 Å². The minimum Gasteiger partial charge on any atom is -0.508 e. The van der Waals surface area contributed by atoms with Crippen molar-refractivity contribution < 1.29 is 9.84 Å². The van der Waals surface area contributed by atoms with Crippen LogP contribution in [0.25, 0.3) is 6.08 Å². The summed E-state index contributed by atoms with van der Waals surface area (Å²) < 4.78 is 6.57. The van der Waals surface area contributed by atoms with Gasteiger partial charge in [-0.05, 0) is 88.5 Å². The maximum absolute atomic E-state index is 10.9. The number of nitrogens with zero attached hydrogens (tertiary/aromatic N) is 1. The summed E-state index contributed by atoms with van der Waals surface area (Å²) in [7, 11) is 4.19. The predicted octanol–water partition coefficient (Wildman–Crippen LogP) is 6.14. The minimum atomic E-state index is -0.346. The number of hydrogen-bond donors (Lipinski definition) is 1. The Balaban J connectivity index is 1.80. The largest absolute Gasteiger partial charge is 0.508 e. The van der Waals surface area contributed by atoms with Crippen molar-refractivity contribution in [3.8, 4) is 11.5 Å². The molecule has 2 aliphatic rings. The molecule has 3 heteroatoms. The molecule has 0 saturated heterocycles. The molecule has 0 spiro atoms. The predicted molar refractivity (Wildman–Crippen MR) is 129 cm³/mol. The van der Waals surface area contributed by atoms with Crippen molar-refractivity contribution in [2.75, 3.05) is 20.6 Å². The number of aromatic hydroxyl groups is 1. The van der Waals surface area contributed by atoms with E-state index in [4.69, 9.17) is 4.74 Å². The summed E-state index contributed by atoms with van der Waals surface area (Å²) >= 11 is 0. The van der Waals surface area contributed by atoms with Crippen molar-refractivity contribution in [3.05, 3.63) is 76.9 Å². The van der Waals surface area contributed by atoms with E-state index in [2.05, 4.69) is 76.7 Å². The molecule has 1 aliphatic heterocycles. The van der Waals surface area contributed by atoms with Gasteiger partial charge in [-0.3, -0.25) is 0 Å². The highest BCUT2D eigenvalue weighted by molar-refractivity contribution is 5.55. The van der Waals surface area contributed by atoms with Gasteiger partial charge in [-0.25, -0.2) is 0 Å². The van der Waals surface area contributed by atoms with Crippen molar-refractivity contribution in [1.82, 2.24) is 4.90 Å². The standard InChI is InChI=1S/C28H35NO2/c1-7-19-9-11-26-22(16-19)24-15-18(2)14-23(27(24)28(3,4)31-26)21-17-20(8-10-25(21)30)12-13-29(5)6/h7-11,14,16-17,23-24,27,30H,1,12-13,15H2,2-6H3/t23-,24+,27+/m1/s1. The molecule has 2 aromatic rings. The summed E-state index contributed by atoms with van der Waals surface area (Å²) in [5, 5.41) is 10.9. The highest BCUT2D eigenvalue weighted by Crippen LogP contribution is 2.56. The third kappa shape index (κ3) is 4.16. The van der Waals surface area contributed by atoms with Gasteiger partial charge in [0.2, 0.25) is 0 Å². The number of likely N-dealkylation sites (N-methyl/N-ethyl adjacent to an activating group) is 1. The van der Waals surface area contributed by atoms with Crippen LogP contribution in [0.15, 0.2) is 54.6 Å². The van der Waals surface area contributed by atoms with Crippen molar-refractivity contribution >= 4 is 6.08 Å². The summed E-state index contributed by atoms with van der Waals surface area (Å²) in [4.78, 5) is 2.19. The molecule has 0 radical (unpaired) electrons. The number of phenols is 1. The molecule has 3 atom stereocenters. The third-order valence-electron chi connectivity index (χ3n) is 6.97. The molecule has 3 nitrogen and oxygen atoms in total. The van der Waals surface area contributed by atoms with E-state index < -0.39 is 0 Å². The molecule has 0 fully saturated rings. The van der Waals surface area contributed by atoms with Crippen LogP contribution in [0, 0.1) is 5.92 Å². The monoisotopic (exact) mass is 417 g/mol. The van der Waals surface area contributed by atoms with E-state index in [1.54, 1.807) is 0 Å². The quantitative estimate of drug-likeness (QED) is 0.593. The molecule has 0 bridgehead atoms. The lowest BCUT2D eigenvalue weighted by Crippen LogP contribution is -2.48. The Bertz CT molecular complexity index is 1020. The van der Waals surface area contributed by atoms with Gasteiger partial charge < -0.3 is 14.7 Å². The molecular formula is C28H35NO2. The molecule has 0 unspecified atom stereocenters. The zero-order valence-corrected chi connectivity index (χ0v) is 19.5. The second kappa shape index (κ2) is 8.20. The Hall–Kier alpha value is -2.52. The molecule has 31 heavy (non-hydrogen) atoms. The lowest BCUT2D eigenvalue weighted by atomic mass is 9.61. The second-order valence-corrected chi connectivity index (χ2v) is 10.0. The molecule has 0 amide bonds. The van der Waals surface area contributed by atoms with Gasteiger partial charge >= 0.3 is 0 Å². The number of benzene rings is 2. The highest BCUT2D eigenvalue weighted by Gasteiger charge is 2.49. The fraction of sp³-hybridized carbons (Fsp3) is 0.429. The van der Waals surface area contributed by atoms with E-state index in [0.29, 0.717) is 11.7 Å². The van der Waals surface area contributed by atoms with E-state index in [0.717, 1.165) is 36.3 Å². The van der Waals surface area contributed by atoms with Crippen molar-refractivity contribution in [1.29, 1.82) is 0 Å². The SMILES string of the molecule is C=Cc1ccc2c(c1)[C@@H]1CC(C)=C[C@H](c3cc(CCN(C)C)ccc3O)[C@@H]1C(C)(C)O2. The van der Waals surface area contributed by atoms with Gasteiger partial charge in [0.25, 0.3) is 0 Å². The number of phenolic OH excluding ortho intramolecular Hbond substituents is 1. The Morgan fingerprint density at radius 1 is 1.16 bits per heavy atom. The molecular weight excluding hydrogens is 382 g/mol. The van der Waals surface area contributed by atoms with Crippen LogP contribution < -0.4 is 4.74 Å². The summed E-state index contributed by atoms with van der Waals surface area (Å²) in [6.45, 7) is 11.6. The van der Waals surface area contributed by atoms with Gasteiger partial charge in [-0.15, -0.1) is 0 Å². The maximum atomic E-state index is 10.9. The van der Waals surface area contributed by atoms with Gasteiger partial charge in [0, 0.05) is 23.9 Å². The first kappa shape index (κ1) is 21.7. The first-order valence-corrected chi connectivity index (χ1v) is 11.3. The van der Waals surface area contributed by atoms with Crippen LogP contribution >= 0.6 is 0 Å². The molecule has 1 aliphatic carbocycles. The van der Waals surface area contributed by atoms with Crippen LogP contribution in [0.5, 0.6) is 11.5 Å². The number of rotatable bonds is 5. The van der Waals surface area contributed by atoms with Crippen LogP contribution in [0.1, 0.15) is 61.3 Å². The van der Waals surface area contributed by atoms with E-state index in [-0.39, 0.29) is 17.4 Å². The zero-order valence-electron chi connectivity index (χ0n) is 19.5. The van der Waals surface area contributed by atoms with Gasteiger partial charge in [0.15, 0.2) is 0 Å². The van der Waals surface area contributed by atoms with Crippen LogP contribution in [0.4, 0.5) is 0 Å². The molecule has 164 valence electrons. The lowest BCUT2D eigenvalue weighted by Gasteiger charge is -2.50. The number of hydrogen-bond acceptors (Lipinski definition) is 3. The highest BCUT2D eigenvalue weighted by atomic mass is 16.5. The van der Waals surface area contributed by atoms with Crippen LogP contribution in [-0.4, -0.2) is 36.2 Å². The summed E-state index contributed by atoms with van der Waals surface area (Å²) in [5.74, 6) is 2.05. The average Bonchev–Trinajstić information content (AvgIpc) is 2.71. The Labute approximate surface area is 187 Å². The molecule has 2 aromatic carbocycles. The van der Waals surface area contributed by atoms with Gasteiger partial charge in [-0.2, -0.15) is 0 Å². The second-order valence-electron chi connectivity index (χ2n) is 10.0. The first-order chi connectivity index (χ1) is 14.7. The van der Waals surface area contributed by atoms with Crippen molar-refractivity contribution in [2.45, 2.75) is 51.0 Å². The maximum Gasteiger partial charge on any atom is 0.123 e. The van der Waals surface area contributed by atoms with Gasteiger partial charge in [0.1, 0.15) is 17.1 Å². The Morgan fingerprint density at radius 3 is 2.65 bits per heavy atom. The van der Waals surface area contributed by atoms with Crippen molar-refractivity contribution in [2.24, 2.45) is 5.92 Å². The molecule has 0 saturated carbocycles. The first-order valence-electron chi connectivity index (χ1n) is 11.3. The van der Waals surface area contributed by atoms with E-state index in [1.165, 1.54) is 16.7 Å². The van der Waals surface area contributed by atoms with Crippen LogP contribution in [-0.2, 0) is 6.42 Å². The Morgan fingerprint density at radius 2 is 1.94 bits per heavy atom. The van der Waals surface area contributed by atoms with Gasteiger partial charge in [-0.1, -0.05) is 42.5 Å². The van der Waals surface area contributed by atoms with E-state index in [9.17, 15) is 5.11 Å². The van der Waals surface area contributed by atoms with Gasteiger partial charge in [0.05, 0.1) is 0 Å². The fourth-order valence-corrected chi connectivity index (χ4v) is 5.51.